The summed E-state index contributed by atoms with van der Waals surface area (Å²) in [6, 6.07) is 6.85. The average Bonchev–Trinajstić information content (AvgIpc) is 2.31. The van der Waals surface area contributed by atoms with E-state index in [9.17, 15) is 15.0 Å². The predicted molar refractivity (Wildman–Crippen MR) is 71.7 cm³/mol. The molecular formula is C13H11ClN2O3. The SMILES string of the molecule is Cc1nc(Cl)ccc1NC(=O)c1cc(O)cc(O)c1. The van der Waals surface area contributed by atoms with E-state index in [0.29, 0.717) is 16.5 Å². The highest BCUT2D eigenvalue weighted by Crippen LogP contribution is 2.22. The number of rotatable bonds is 2. The van der Waals surface area contributed by atoms with Gasteiger partial charge in [-0.1, -0.05) is 11.6 Å². The highest BCUT2D eigenvalue weighted by Gasteiger charge is 2.10. The van der Waals surface area contributed by atoms with Crippen LogP contribution in [0.15, 0.2) is 30.3 Å². The van der Waals surface area contributed by atoms with Gasteiger partial charge in [-0.3, -0.25) is 4.79 Å². The van der Waals surface area contributed by atoms with Crippen molar-refractivity contribution >= 4 is 23.2 Å². The van der Waals surface area contributed by atoms with Crippen LogP contribution in [0, 0.1) is 6.92 Å². The van der Waals surface area contributed by atoms with Crippen LogP contribution in [0.1, 0.15) is 16.1 Å². The van der Waals surface area contributed by atoms with Crippen LogP contribution < -0.4 is 5.32 Å². The number of phenols is 2. The second kappa shape index (κ2) is 5.16. The van der Waals surface area contributed by atoms with E-state index in [2.05, 4.69) is 10.3 Å². The summed E-state index contributed by atoms with van der Waals surface area (Å²) in [6.45, 7) is 1.71. The van der Waals surface area contributed by atoms with Crippen LogP contribution in [0.5, 0.6) is 11.5 Å². The Morgan fingerprint density at radius 1 is 1.21 bits per heavy atom. The van der Waals surface area contributed by atoms with Crippen molar-refractivity contribution in [3.05, 3.63) is 46.7 Å². The number of benzene rings is 1. The van der Waals surface area contributed by atoms with Crippen molar-refractivity contribution in [3.8, 4) is 11.5 Å². The summed E-state index contributed by atoms with van der Waals surface area (Å²) in [5.74, 6) is -0.828. The van der Waals surface area contributed by atoms with E-state index < -0.39 is 5.91 Å². The summed E-state index contributed by atoms with van der Waals surface area (Å²) >= 11 is 5.72. The first-order valence-corrected chi connectivity index (χ1v) is 5.81. The number of carbonyl (C=O) groups excluding carboxylic acids is 1. The van der Waals surface area contributed by atoms with Crippen LogP contribution in [0.2, 0.25) is 5.15 Å². The number of anilines is 1. The molecule has 0 unspecified atom stereocenters. The Bertz CT molecular complexity index is 624. The number of aryl methyl sites for hydroxylation is 1. The molecule has 0 saturated carbocycles. The number of nitrogens with zero attached hydrogens (tertiary/aromatic N) is 1. The molecule has 1 aromatic heterocycles. The first kappa shape index (κ1) is 13.2. The predicted octanol–water partition coefficient (Wildman–Crippen LogP) is 2.71. The van der Waals surface area contributed by atoms with Gasteiger partial charge in [-0.25, -0.2) is 4.98 Å². The van der Waals surface area contributed by atoms with Crippen LogP contribution in [-0.4, -0.2) is 21.1 Å². The van der Waals surface area contributed by atoms with E-state index in [4.69, 9.17) is 11.6 Å². The minimum Gasteiger partial charge on any atom is -0.508 e. The molecule has 19 heavy (non-hydrogen) atoms. The highest BCUT2D eigenvalue weighted by atomic mass is 35.5. The molecule has 0 fully saturated rings. The lowest BCUT2D eigenvalue weighted by Gasteiger charge is -2.08. The third-order valence-electron chi connectivity index (χ3n) is 2.46. The number of halogens is 1. The number of nitrogens with one attached hydrogen (secondary N) is 1. The molecule has 0 saturated heterocycles. The van der Waals surface area contributed by atoms with E-state index in [1.807, 2.05) is 0 Å². The Hall–Kier alpha value is -2.27. The van der Waals surface area contributed by atoms with Gasteiger partial charge in [0.2, 0.25) is 0 Å². The zero-order chi connectivity index (χ0) is 14.0. The Balaban J connectivity index is 2.25. The van der Waals surface area contributed by atoms with E-state index in [-0.39, 0.29) is 17.1 Å². The molecule has 0 atom stereocenters. The van der Waals surface area contributed by atoms with Crippen LogP contribution in [-0.2, 0) is 0 Å². The number of hydrogen-bond acceptors (Lipinski definition) is 4. The van der Waals surface area contributed by atoms with E-state index in [1.165, 1.54) is 12.1 Å². The van der Waals surface area contributed by atoms with Crippen molar-refractivity contribution in [1.82, 2.24) is 4.98 Å². The second-order valence-electron chi connectivity index (χ2n) is 3.96. The Morgan fingerprint density at radius 3 is 2.42 bits per heavy atom. The highest BCUT2D eigenvalue weighted by molar-refractivity contribution is 6.29. The van der Waals surface area contributed by atoms with Crippen LogP contribution in [0.25, 0.3) is 0 Å². The van der Waals surface area contributed by atoms with Gasteiger partial charge in [0, 0.05) is 11.6 Å². The van der Waals surface area contributed by atoms with Crippen LogP contribution in [0.4, 0.5) is 5.69 Å². The zero-order valence-electron chi connectivity index (χ0n) is 10.0. The molecule has 3 N–H and O–H groups in total. The molecule has 1 aromatic carbocycles. The zero-order valence-corrected chi connectivity index (χ0v) is 10.8. The van der Waals surface area contributed by atoms with Crippen molar-refractivity contribution < 1.29 is 15.0 Å². The summed E-state index contributed by atoms with van der Waals surface area (Å²) in [5.41, 5.74) is 1.23. The van der Waals surface area contributed by atoms with Crippen molar-refractivity contribution in [2.24, 2.45) is 0 Å². The molecule has 1 heterocycles. The fraction of sp³-hybridized carbons (Fsp3) is 0.0769. The molecule has 0 bridgehead atoms. The molecule has 1 amide bonds. The minimum atomic E-state index is -0.460. The first-order chi connectivity index (χ1) is 8.95. The molecule has 5 nitrogen and oxygen atoms in total. The maximum Gasteiger partial charge on any atom is 0.255 e. The summed E-state index contributed by atoms with van der Waals surface area (Å²) in [4.78, 5) is 16.0. The molecule has 0 aliphatic heterocycles. The maximum atomic E-state index is 12.0. The molecule has 6 heteroatoms. The van der Waals surface area contributed by atoms with Crippen molar-refractivity contribution in [1.29, 1.82) is 0 Å². The van der Waals surface area contributed by atoms with Gasteiger partial charge in [0.1, 0.15) is 16.7 Å². The molecule has 0 aliphatic carbocycles. The number of carbonyl (C=O) groups is 1. The number of hydrogen-bond donors (Lipinski definition) is 3. The Morgan fingerprint density at radius 2 is 1.84 bits per heavy atom. The van der Waals surface area contributed by atoms with Gasteiger partial charge >= 0.3 is 0 Å². The molecule has 0 spiro atoms. The minimum absolute atomic E-state index is 0.145. The fourth-order valence-electron chi connectivity index (χ4n) is 1.58. The second-order valence-corrected chi connectivity index (χ2v) is 4.35. The van der Waals surface area contributed by atoms with Gasteiger partial charge in [0.15, 0.2) is 0 Å². The van der Waals surface area contributed by atoms with Crippen molar-refractivity contribution in [2.75, 3.05) is 5.32 Å². The van der Waals surface area contributed by atoms with Gasteiger partial charge in [-0.15, -0.1) is 0 Å². The molecule has 0 radical (unpaired) electrons. The lowest BCUT2D eigenvalue weighted by Crippen LogP contribution is -2.13. The Kier molecular flexibility index (Phi) is 3.57. The third-order valence-corrected chi connectivity index (χ3v) is 2.68. The quantitative estimate of drug-likeness (QED) is 0.738. The van der Waals surface area contributed by atoms with Crippen molar-refractivity contribution in [3.63, 3.8) is 0 Å². The first-order valence-electron chi connectivity index (χ1n) is 5.43. The number of aromatic nitrogens is 1. The smallest absolute Gasteiger partial charge is 0.255 e. The standard InChI is InChI=1S/C13H11ClN2O3/c1-7-11(2-3-12(14)15-7)16-13(19)8-4-9(17)6-10(18)5-8/h2-6,17-18H,1H3,(H,16,19). The van der Waals surface area contributed by atoms with Gasteiger partial charge in [-0.2, -0.15) is 0 Å². The molecular weight excluding hydrogens is 268 g/mol. The molecule has 2 aromatic rings. The van der Waals surface area contributed by atoms with Gasteiger partial charge in [-0.05, 0) is 31.2 Å². The number of aromatic hydroxyl groups is 2. The number of pyridine rings is 1. The number of phenolic OH excluding ortho intramolecular Hbond substituents is 2. The lowest BCUT2D eigenvalue weighted by molar-refractivity contribution is 0.102. The Labute approximate surface area is 114 Å². The van der Waals surface area contributed by atoms with Gasteiger partial charge < -0.3 is 15.5 Å². The average molecular weight is 279 g/mol. The fourth-order valence-corrected chi connectivity index (χ4v) is 1.77. The normalized spacial score (nSPS) is 10.2. The maximum absolute atomic E-state index is 12.0. The monoisotopic (exact) mass is 278 g/mol. The van der Waals surface area contributed by atoms with E-state index in [0.717, 1.165) is 6.07 Å². The van der Waals surface area contributed by atoms with Gasteiger partial charge in [0.25, 0.3) is 5.91 Å². The number of amides is 1. The summed E-state index contributed by atoms with van der Waals surface area (Å²) in [5, 5.41) is 21.6. The van der Waals surface area contributed by atoms with E-state index in [1.54, 1.807) is 19.1 Å². The molecule has 2 rings (SSSR count). The molecule has 98 valence electrons. The topological polar surface area (TPSA) is 82.5 Å². The van der Waals surface area contributed by atoms with Crippen molar-refractivity contribution in [2.45, 2.75) is 6.92 Å². The summed E-state index contributed by atoms with van der Waals surface area (Å²) in [7, 11) is 0. The third kappa shape index (κ3) is 3.14. The summed E-state index contributed by atoms with van der Waals surface area (Å²) in [6.07, 6.45) is 0. The van der Waals surface area contributed by atoms with Crippen LogP contribution >= 0.6 is 11.6 Å². The largest absolute Gasteiger partial charge is 0.508 e. The van der Waals surface area contributed by atoms with E-state index >= 15 is 0 Å². The summed E-state index contributed by atoms with van der Waals surface area (Å²) < 4.78 is 0. The molecule has 0 aliphatic rings. The lowest BCUT2D eigenvalue weighted by atomic mass is 10.2. The van der Waals surface area contributed by atoms with Crippen LogP contribution in [0.3, 0.4) is 0 Å². The van der Waals surface area contributed by atoms with Gasteiger partial charge in [0.05, 0.1) is 11.4 Å².